The summed E-state index contributed by atoms with van der Waals surface area (Å²) in [5.41, 5.74) is 2.65. The lowest BCUT2D eigenvalue weighted by Gasteiger charge is -2.07. The molecule has 2 aromatic rings. The Morgan fingerprint density at radius 1 is 1.42 bits per heavy atom. The monoisotopic (exact) mass is 260 g/mol. The Morgan fingerprint density at radius 2 is 2.26 bits per heavy atom. The van der Waals surface area contributed by atoms with Crippen molar-refractivity contribution in [2.45, 2.75) is 19.8 Å². The summed E-state index contributed by atoms with van der Waals surface area (Å²) in [5.74, 6) is 0. The van der Waals surface area contributed by atoms with E-state index in [1.807, 2.05) is 19.1 Å². The summed E-state index contributed by atoms with van der Waals surface area (Å²) in [6.45, 7) is 2.53. The van der Waals surface area contributed by atoms with E-state index in [-0.39, 0.29) is 10.6 Å². The third-order valence-electron chi connectivity index (χ3n) is 2.85. The fourth-order valence-electron chi connectivity index (χ4n) is 1.87. The van der Waals surface area contributed by atoms with Gasteiger partial charge in [0.25, 0.3) is 5.69 Å². The molecule has 0 fully saturated rings. The number of anilines is 1. The minimum atomic E-state index is -0.357. The van der Waals surface area contributed by atoms with Crippen LogP contribution in [0.15, 0.2) is 30.5 Å². The molecule has 6 heteroatoms. The zero-order valence-electron chi connectivity index (χ0n) is 10.7. The number of aryl methyl sites for hydroxylation is 2. The molecule has 0 saturated heterocycles. The molecule has 0 aliphatic rings. The van der Waals surface area contributed by atoms with Crippen molar-refractivity contribution in [1.29, 1.82) is 0 Å². The summed E-state index contributed by atoms with van der Waals surface area (Å²) in [5, 5.41) is 20.8. The van der Waals surface area contributed by atoms with Gasteiger partial charge in [-0.15, -0.1) is 0 Å². The molecule has 100 valence electrons. The van der Waals surface area contributed by atoms with Gasteiger partial charge >= 0.3 is 0 Å². The summed E-state index contributed by atoms with van der Waals surface area (Å²) in [4.78, 5) is 10.6. The third kappa shape index (κ3) is 3.54. The molecule has 0 atom stereocenters. The van der Waals surface area contributed by atoms with Gasteiger partial charge in [0.15, 0.2) is 0 Å². The van der Waals surface area contributed by atoms with Gasteiger partial charge in [-0.05, 0) is 37.5 Å². The zero-order chi connectivity index (χ0) is 13.7. The molecule has 6 nitrogen and oxygen atoms in total. The van der Waals surface area contributed by atoms with Gasteiger partial charge in [-0.1, -0.05) is 6.07 Å². The fourth-order valence-corrected chi connectivity index (χ4v) is 1.87. The molecule has 0 aliphatic carbocycles. The summed E-state index contributed by atoms with van der Waals surface area (Å²) < 4.78 is 0. The molecule has 1 aromatic carbocycles. The van der Waals surface area contributed by atoms with Crippen molar-refractivity contribution >= 4 is 11.4 Å². The first-order valence-electron chi connectivity index (χ1n) is 6.14. The zero-order valence-corrected chi connectivity index (χ0v) is 10.7. The van der Waals surface area contributed by atoms with Gasteiger partial charge < -0.3 is 5.32 Å². The van der Waals surface area contributed by atoms with E-state index in [0.717, 1.165) is 24.1 Å². The molecule has 0 radical (unpaired) electrons. The Hall–Kier alpha value is -2.37. The smallest absolute Gasteiger partial charge is 0.292 e. The predicted molar refractivity (Wildman–Crippen MR) is 73.2 cm³/mol. The van der Waals surface area contributed by atoms with Crippen molar-refractivity contribution in [3.63, 3.8) is 0 Å². The molecular weight excluding hydrogens is 244 g/mol. The standard InChI is InChI=1S/C13H16N4O2/c1-10-4-5-12(13(9-10)17(18)19)14-7-2-3-11-6-8-15-16-11/h4-6,8-9,14H,2-3,7H2,1H3,(H,15,16). The Bertz CT molecular complexity index is 552. The lowest BCUT2D eigenvalue weighted by atomic mass is 10.2. The second-order valence-electron chi connectivity index (χ2n) is 4.39. The fraction of sp³-hybridized carbons (Fsp3) is 0.308. The van der Waals surface area contributed by atoms with E-state index in [2.05, 4.69) is 15.5 Å². The maximum atomic E-state index is 10.9. The van der Waals surface area contributed by atoms with Crippen LogP contribution in [0.5, 0.6) is 0 Å². The summed E-state index contributed by atoms with van der Waals surface area (Å²) in [6, 6.07) is 7.12. The van der Waals surface area contributed by atoms with Gasteiger partial charge in [0.1, 0.15) is 5.69 Å². The van der Waals surface area contributed by atoms with Gasteiger partial charge in [-0.2, -0.15) is 5.10 Å². The number of benzene rings is 1. The molecular formula is C13H16N4O2. The number of aromatic amines is 1. The van der Waals surface area contributed by atoms with E-state index in [1.54, 1.807) is 18.3 Å². The van der Waals surface area contributed by atoms with Crippen LogP contribution in [0.25, 0.3) is 0 Å². The molecule has 0 unspecified atom stereocenters. The SMILES string of the molecule is Cc1ccc(NCCCc2ccn[nH]2)c([N+](=O)[O-])c1. The molecule has 1 aromatic heterocycles. The van der Waals surface area contributed by atoms with Crippen molar-refractivity contribution in [2.75, 3.05) is 11.9 Å². The summed E-state index contributed by atoms with van der Waals surface area (Å²) in [7, 11) is 0. The van der Waals surface area contributed by atoms with Crippen LogP contribution in [0.4, 0.5) is 11.4 Å². The van der Waals surface area contributed by atoms with Crippen LogP contribution in [-0.2, 0) is 6.42 Å². The van der Waals surface area contributed by atoms with Crippen LogP contribution in [-0.4, -0.2) is 21.7 Å². The van der Waals surface area contributed by atoms with E-state index in [9.17, 15) is 10.1 Å². The molecule has 2 rings (SSSR count). The highest BCUT2D eigenvalue weighted by atomic mass is 16.6. The largest absolute Gasteiger partial charge is 0.379 e. The van der Waals surface area contributed by atoms with Crippen LogP contribution in [0.3, 0.4) is 0 Å². The van der Waals surface area contributed by atoms with Crippen LogP contribution in [0.1, 0.15) is 17.7 Å². The van der Waals surface area contributed by atoms with E-state index >= 15 is 0 Å². The molecule has 0 spiro atoms. The van der Waals surface area contributed by atoms with Crippen molar-refractivity contribution in [1.82, 2.24) is 10.2 Å². The summed E-state index contributed by atoms with van der Waals surface area (Å²) in [6.07, 6.45) is 3.47. The van der Waals surface area contributed by atoms with Crippen molar-refractivity contribution < 1.29 is 4.92 Å². The van der Waals surface area contributed by atoms with E-state index in [0.29, 0.717) is 12.2 Å². The number of nitrogens with one attached hydrogen (secondary N) is 2. The maximum Gasteiger partial charge on any atom is 0.292 e. The third-order valence-corrected chi connectivity index (χ3v) is 2.85. The highest BCUT2D eigenvalue weighted by Gasteiger charge is 2.12. The molecule has 0 amide bonds. The number of nitro benzene ring substituents is 1. The van der Waals surface area contributed by atoms with Crippen molar-refractivity contribution in [2.24, 2.45) is 0 Å². The van der Waals surface area contributed by atoms with Gasteiger partial charge in [-0.3, -0.25) is 15.2 Å². The molecule has 1 heterocycles. The number of H-pyrrole nitrogens is 1. The van der Waals surface area contributed by atoms with Crippen molar-refractivity contribution in [3.8, 4) is 0 Å². The molecule has 2 N–H and O–H groups in total. The minimum absolute atomic E-state index is 0.126. The summed E-state index contributed by atoms with van der Waals surface area (Å²) >= 11 is 0. The Balaban J connectivity index is 1.90. The molecule has 0 aliphatic heterocycles. The number of aromatic nitrogens is 2. The van der Waals surface area contributed by atoms with Gasteiger partial charge in [0.05, 0.1) is 4.92 Å². The first-order chi connectivity index (χ1) is 9.16. The lowest BCUT2D eigenvalue weighted by molar-refractivity contribution is -0.384. The Kier molecular flexibility index (Phi) is 4.12. The molecule has 0 saturated carbocycles. The highest BCUT2D eigenvalue weighted by Crippen LogP contribution is 2.25. The second-order valence-corrected chi connectivity index (χ2v) is 4.39. The molecule has 0 bridgehead atoms. The number of rotatable bonds is 6. The van der Waals surface area contributed by atoms with Gasteiger partial charge in [-0.25, -0.2) is 0 Å². The highest BCUT2D eigenvalue weighted by molar-refractivity contribution is 5.62. The predicted octanol–water partition coefficient (Wildman–Crippen LogP) is 2.67. The van der Waals surface area contributed by atoms with E-state index < -0.39 is 0 Å². The van der Waals surface area contributed by atoms with Crippen LogP contribution in [0, 0.1) is 17.0 Å². The second kappa shape index (κ2) is 5.99. The first kappa shape index (κ1) is 13.1. The molecule has 19 heavy (non-hydrogen) atoms. The first-order valence-corrected chi connectivity index (χ1v) is 6.14. The maximum absolute atomic E-state index is 10.9. The van der Waals surface area contributed by atoms with E-state index in [1.165, 1.54) is 0 Å². The van der Waals surface area contributed by atoms with Gasteiger partial charge in [0.2, 0.25) is 0 Å². The number of hydrogen-bond acceptors (Lipinski definition) is 4. The minimum Gasteiger partial charge on any atom is -0.379 e. The van der Waals surface area contributed by atoms with E-state index in [4.69, 9.17) is 0 Å². The average molecular weight is 260 g/mol. The quantitative estimate of drug-likeness (QED) is 0.475. The number of nitrogens with zero attached hydrogens (tertiary/aromatic N) is 2. The van der Waals surface area contributed by atoms with Crippen LogP contribution in [0.2, 0.25) is 0 Å². The Labute approximate surface area is 111 Å². The van der Waals surface area contributed by atoms with Crippen LogP contribution < -0.4 is 5.32 Å². The van der Waals surface area contributed by atoms with Gasteiger partial charge in [0, 0.05) is 24.5 Å². The van der Waals surface area contributed by atoms with Crippen molar-refractivity contribution in [3.05, 3.63) is 51.8 Å². The number of nitro groups is 1. The topological polar surface area (TPSA) is 83.8 Å². The normalized spacial score (nSPS) is 10.4. The Morgan fingerprint density at radius 3 is 2.95 bits per heavy atom. The number of hydrogen-bond donors (Lipinski definition) is 2. The average Bonchev–Trinajstić information content (AvgIpc) is 2.89. The van der Waals surface area contributed by atoms with Crippen LogP contribution >= 0.6 is 0 Å². The lowest BCUT2D eigenvalue weighted by Crippen LogP contribution is -2.05.